The highest BCUT2D eigenvalue weighted by atomic mass is 16.5. The highest BCUT2D eigenvalue weighted by Crippen LogP contribution is 2.24. The number of aliphatic carboxylic acids is 1. The van der Waals surface area contributed by atoms with Crippen LogP contribution in [-0.4, -0.2) is 48.3 Å². The molecule has 0 saturated heterocycles. The third kappa shape index (κ3) is 4.10. The summed E-state index contributed by atoms with van der Waals surface area (Å²) in [7, 11) is 1.63. The lowest BCUT2D eigenvalue weighted by atomic mass is 9.89. The van der Waals surface area contributed by atoms with E-state index in [1.165, 1.54) is 0 Å². The lowest BCUT2D eigenvalue weighted by Gasteiger charge is -2.38. The average Bonchev–Trinajstić information content (AvgIpc) is 2.17. The number of carboxylic acids is 1. The Hall–Kier alpha value is -0.610. The van der Waals surface area contributed by atoms with E-state index in [1.807, 2.05) is 25.7 Å². The van der Waals surface area contributed by atoms with Gasteiger partial charge in [0, 0.05) is 13.7 Å². The van der Waals surface area contributed by atoms with Gasteiger partial charge in [-0.1, -0.05) is 20.8 Å². The lowest BCUT2D eigenvalue weighted by Crippen LogP contribution is -2.54. The largest absolute Gasteiger partial charge is 0.480 e. The Morgan fingerprint density at radius 3 is 2.38 bits per heavy atom. The summed E-state index contributed by atoms with van der Waals surface area (Å²) < 4.78 is 5.02. The van der Waals surface area contributed by atoms with Crippen molar-refractivity contribution < 1.29 is 14.6 Å². The molecule has 1 unspecified atom stereocenters. The van der Waals surface area contributed by atoms with Gasteiger partial charge in [0.1, 0.15) is 5.54 Å². The molecule has 0 spiro atoms. The van der Waals surface area contributed by atoms with Crippen molar-refractivity contribution in [1.29, 1.82) is 0 Å². The Bertz CT molecular complexity index is 218. The number of nitrogens with zero attached hydrogens (tertiary/aromatic N) is 1. The van der Waals surface area contributed by atoms with Crippen LogP contribution in [0.3, 0.4) is 0 Å². The third-order valence-corrected chi connectivity index (χ3v) is 2.91. The predicted octanol–water partition coefficient (Wildman–Crippen LogP) is 1.84. The molecule has 0 saturated carbocycles. The Labute approximate surface area is 98.6 Å². The fourth-order valence-electron chi connectivity index (χ4n) is 2.10. The number of likely N-dealkylation sites (N-methyl/N-ethyl adjacent to an activating group) is 1. The maximum atomic E-state index is 11.4. The molecular weight excluding hydrogens is 206 g/mol. The standard InChI is InChI=1S/C12H25NO3/c1-6-13(7-8-16-5)12(4,11(14)15)9-10(2)3/h10H,6-9H2,1-5H3,(H,14,15). The Morgan fingerprint density at radius 2 is 2.06 bits per heavy atom. The van der Waals surface area contributed by atoms with Crippen molar-refractivity contribution in [3.8, 4) is 0 Å². The summed E-state index contributed by atoms with van der Waals surface area (Å²) in [4.78, 5) is 13.4. The van der Waals surface area contributed by atoms with Gasteiger partial charge in [-0.2, -0.15) is 0 Å². The van der Waals surface area contributed by atoms with Gasteiger partial charge in [0.05, 0.1) is 6.61 Å². The van der Waals surface area contributed by atoms with Crippen molar-refractivity contribution in [3.05, 3.63) is 0 Å². The van der Waals surface area contributed by atoms with Crippen LogP contribution in [0.4, 0.5) is 0 Å². The van der Waals surface area contributed by atoms with Crippen molar-refractivity contribution in [2.45, 2.75) is 39.7 Å². The highest BCUT2D eigenvalue weighted by Gasteiger charge is 2.38. The van der Waals surface area contributed by atoms with Gasteiger partial charge in [0.2, 0.25) is 0 Å². The molecule has 4 nitrogen and oxygen atoms in total. The molecule has 0 aliphatic rings. The molecule has 16 heavy (non-hydrogen) atoms. The first-order valence-electron chi connectivity index (χ1n) is 5.85. The molecule has 96 valence electrons. The monoisotopic (exact) mass is 231 g/mol. The lowest BCUT2D eigenvalue weighted by molar-refractivity contribution is -0.152. The fourth-order valence-corrected chi connectivity index (χ4v) is 2.10. The molecule has 4 heteroatoms. The van der Waals surface area contributed by atoms with Crippen LogP contribution in [0, 0.1) is 5.92 Å². The highest BCUT2D eigenvalue weighted by molar-refractivity contribution is 5.78. The summed E-state index contributed by atoms with van der Waals surface area (Å²) in [6.45, 7) is 9.82. The van der Waals surface area contributed by atoms with Gasteiger partial charge in [-0.25, -0.2) is 0 Å². The van der Waals surface area contributed by atoms with Gasteiger partial charge in [-0.3, -0.25) is 9.69 Å². The molecule has 0 aliphatic heterocycles. The van der Waals surface area contributed by atoms with Gasteiger partial charge in [-0.15, -0.1) is 0 Å². The number of hydrogen-bond acceptors (Lipinski definition) is 3. The van der Waals surface area contributed by atoms with Crippen molar-refractivity contribution in [1.82, 2.24) is 4.90 Å². The third-order valence-electron chi connectivity index (χ3n) is 2.91. The summed E-state index contributed by atoms with van der Waals surface area (Å²) in [6.07, 6.45) is 0.653. The minimum absolute atomic E-state index is 0.359. The summed E-state index contributed by atoms with van der Waals surface area (Å²) in [5.41, 5.74) is -0.790. The zero-order chi connectivity index (χ0) is 12.8. The number of carboxylic acid groups (broad SMARTS) is 1. The molecule has 0 aromatic heterocycles. The van der Waals surface area contributed by atoms with E-state index in [0.717, 1.165) is 6.54 Å². The number of hydrogen-bond donors (Lipinski definition) is 1. The summed E-state index contributed by atoms with van der Waals surface area (Å²) in [5.74, 6) is -0.392. The summed E-state index contributed by atoms with van der Waals surface area (Å²) in [6, 6.07) is 0. The maximum absolute atomic E-state index is 11.4. The van der Waals surface area contributed by atoms with E-state index in [0.29, 0.717) is 25.5 Å². The first kappa shape index (κ1) is 15.4. The fraction of sp³-hybridized carbons (Fsp3) is 0.917. The van der Waals surface area contributed by atoms with E-state index < -0.39 is 11.5 Å². The molecule has 0 aromatic rings. The van der Waals surface area contributed by atoms with E-state index in [4.69, 9.17) is 4.74 Å². The number of rotatable bonds is 8. The van der Waals surface area contributed by atoms with Crippen molar-refractivity contribution in [3.63, 3.8) is 0 Å². The van der Waals surface area contributed by atoms with Crippen LogP contribution >= 0.6 is 0 Å². The molecule has 0 aromatic carbocycles. The predicted molar refractivity (Wildman–Crippen MR) is 64.6 cm³/mol. The van der Waals surface area contributed by atoms with Gasteiger partial charge in [0.25, 0.3) is 0 Å². The summed E-state index contributed by atoms with van der Waals surface area (Å²) in [5, 5.41) is 9.40. The van der Waals surface area contributed by atoms with E-state index in [-0.39, 0.29) is 0 Å². The molecule has 0 rings (SSSR count). The van der Waals surface area contributed by atoms with Crippen molar-refractivity contribution in [2.75, 3.05) is 26.8 Å². The minimum atomic E-state index is -0.790. The van der Waals surface area contributed by atoms with Crippen LogP contribution in [0.2, 0.25) is 0 Å². The van der Waals surface area contributed by atoms with Crippen LogP contribution in [0.15, 0.2) is 0 Å². The molecule has 0 heterocycles. The summed E-state index contributed by atoms with van der Waals surface area (Å²) >= 11 is 0. The molecule has 0 radical (unpaired) electrons. The van der Waals surface area contributed by atoms with Gasteiger partial charge in [-0.05, 0) is 25.8 Å². The minimum Gasteiger partial charge on any atom is -0.480 e. The molecular formula is C12H25NO3. The SMILES string of the molecule is CCN(CCOC)C(C)(CC(C)C)C(=O)O. The van der Waals surface area contributed by atoms with E-state index in [9.17, 15) is 9.90 Å². The normalized spacial score (nSPS) is 15.4. The van der Waals surface area contributed by atoms with Crippen LogP contribution < -0.4 is 0 Å². The van der Waals surface area contributed by atoms with Crippen LogP contribution in [0.1, 0.15) is 34.1 Å². The first-order chi connectivity index (χ1) is 7.38. The number of methoxy groups -OCH3 is 1. The molecule has 1 atom stereocenters. The zero-order valence-electron chi connectivity index (χ0n) is 11.1. The average molecular weight is 231 g/mol. The van der Waals surface area contributed by atoms with E-state index >= 15 is 0 Å². The van der Waals surface area contributed by atoms with Crippen molar-refractivity contribution in [2.24, 2.45) is 5.92 Å². The smallest absolute Gasteiger partial charge is 0.323 e. The van der Waals surface area contributed by atoms with E-state index in [2.05, 4.69) is 0 Å². The Kier molecular flexibility index (Phi) is 6.60. The Morgan fingerprint density at radius 1 is 1.50 bits per heavy atom. The quantitative estimate of drug-likeness (QED) is 0.692. The molecule has 0 fully saturated rings. The topological polar surface area (TPSA) is 49.8 Å². The van der Waals surface area contributed by atoms with Crippen LogP contribution in [0.25, 0.3) is 0 Å². The van der Waals surface area contributed by atoms with E-state index in [1.54, 1.807) is 14.0 Å². The second kappa shape index (κ2) is 6.86. The molecule has 0 amide bonds. The van der Waals surface area contributed by atoms with Crippen LogP contribution in [0.5, 0.6) is 0 Å². The van der Waals surface area contributed by atoms with Gasteiger partial charge >= 0.3 is 5.97 Å². The zero-order valence-corrected chi connectivity index (χ0v) is 11.1. The second-order valence-corrected chi connectivity index (χ2v) is 4.75. The molecule has 1 N–H and O–H groups in total. The van der Waals surface area contributed by atoms with Gasteiger partial charge < -0.3 is 9.84 Å². The number of carbonyl (C=O) groups is 1. The second-order valence-electron chi connectivity index (χ2n) is 4.75. The van der Waals surface area contributed by atoms with Gasteiger partial charge in [0.15, 0.2) is 0 Å². The molecule has 0 bridgehead atoms. The maximum Gasteiger partial charge on any atom is 0.323 e. The molecule has 0 aliphatic carbocycles. The van der Waals surface area contributed by atoms with Crippen LogP contribution in [-0.2, 0) is 9.53 Å². The van der Waals surface area contributed by atoms with Crippen molar-refractivity contribution >= 4 is 5.97 Å². The number of ether oxygens (including phenoxy) is 1. The first-order valence-corrected chi connectivity index (χ1v) is 5.85. The Balaban J connectivity index is 4.76.